The molecule has 1 aliphatic heterocycles. The lowest BCUT2D eigenvalue weighted by Gasteiger charge is -2.32. The third-order valence-electron chi connectivity index (χ3n) is 4.68. The minimum Gasteiger partial charge on any atom is -0.362 e. The third-order valence-corrected chi connectivity index (χ3v) is 4.68. The normalized spacial score (nSPS) is 13.4. The Balaban J connectivity index is 1.80. The minimum absolute atomic E-state index is 0.737. The van der Waals surface area contributed by atoms with Gasteiger partial charge in [0.25, 0.3) is 0 Å². The highest BCUT2D eigenvalue weighted by Crippen LogP contribution is 2.34. The number of rotatable bonds is 4. The molecule has 0 saturated carbocycles. The molecule has 0 radical (unpaired) electrons. The Bertz CT molecular complexity index is 878. The van der Waals surface area contributed by atoms with Crippen molar-refractivity contribution in [2.24, 2.45) is 0 Å². The summed E-state index contributed by atoms with van der Waals surface area (Å²) in [7, 11) is 4.09. The molecule has 0 unspecified atom stereocenters. The maximum atomic E-state index is 4.95. The molecule has 2 aromatic heterocycles. The molecule has 5 nitrogen and oxygen atoms in total. The van der Waals surface area contributed by atoms with E-state index in [4.69, 9.17) is 9.97 Å². The molecule has 132 valence electrons. The van der Waals surface area contributed by atoms with Crippen LogP contribution in [0.4, 0.5) is 11.6 Å². The van der Waals surface area contributed by atoms with Crippen molar-refractivity contribution < 1.29 is 0 Å². The fourth-order valence-electron chi connectivity index (χ4n) is 3.45. The number of nitrogens with zero attached hydrogens (tertiary/aromatic N) is 5. The molecule has 0 bridgehead atoms. The van der Waals surface area contributed by atoms with E-state index in [1.165, 1.54) is 11.1 Å². The van der Waals surface area contributed by atoms with E-state index in [0.717, 1.165) is 49.0 Å². The quantitative estimate of drug-likeness (QED) is 0.723. The lowest BCUT2D eigenvalue weighted by atomic mass is 10.0. The third kappa shape index (κ3) is 3.25. The SMILES string of the molecule is CN(C)c1nc(-c2cccnc2)nc2c1CCCN2Cc1ccccc1. The van der Waals surface area contributed by atoms with E-state index >= 15 is 0 Å². The van der Waals surface area contributed by atoms with Gasteiger partial charge in [-0.05, 0) is 30.5 Å². The zero-order chi connectivity index (χ0) is 17.9. The summed E-state index contributed by atoms with van der Waals surface area (Å²) in [6.45, 7) is 1.88. The van der Waals surface area contributed by atoms with Gasteiger partial charge in [-0.3, -0.25) is 4.98 Å². The Morgan fingerprint density at radius 1 is 1.04 bits per heavy atom. The Morgan fingerprint density at radius 3 is 2.62 bits per heavy atom. The standard InChI is InChI=1S/C21H23N5/c1-25(2)20-18-11-7-13-26(15-16-8-4-3-5-9-16)21(18)24-19(23-20)17-10-6-12-22-14-17/h3-6,8-10,12,14H,7,11,13,15H2,1-2H3. The molecule has 0 saturated heterocycles. The summed E-state index contributed by atoms with van der Waals surface area (Å²) in [5, 5.41) is 0. The first kappa shape index (κ1) is 16.5. The molecule has 1 aromatic carbocycles. The maximum absolute atomic E-state index is 4.95. The Kier molecular flexibility index (Phi) is 4.52. The van der Waals surface area contributed by atoms with E-state index in [9.17, 15) is 0 Å². The number of fused-ring (bicyclic) bond motifs is 1. The van der Waals surface area contributed by atoms with Crippen molar-refractivity contribution in [2.45, 2.75) is 19.4 Å². The molecule has 0 fully saturated rings. The van der Waals surface area contributed by atoms with Gasteiger partial charge in [0.05, 0.1) is 0 Å². The van der Waals surface area contributed by atoms with Crippen molar-refractivity contribution in [1.29, 1.82) is 0 Å². The number of aromatic nitrogens is 3. The summed E-state index contributed by atoms with van der Waals surface area (Å²) in [4.78, 5) is 18.5. The maximum Gasteiger partial charge on any atom is 0.165 e. The van der Waals surface area contributed by atoms with E-state index in [1.807, 2.05) is 32.4 Å². The van der Waals surface area contributed by atoms with Gasteiger partial charge in [-0.1, -0.05) is 30.3 Å². The average molecular weight is 345 g/mol. The second-order valence-corrected chi connectivity index (χ2v) is 6.82. The predicted molar refractivity (Wildman–Crippen MR) is 105 cm³/mol. The van der Waals surface area contributed by atoms with Crippen LogP contribution in [0.1, 0.15) is 17.5 Å². The minimum atomic E-state index is 0.737. The number of benzene rings is 1. The number of hydrogen-bond donors (Lipinski definition) is 0. The van der Waals surface area contributed by atoms with E-state index in [-0.39, 0.29) is 0 Å². The fraction of sp³-hybridized carbons (Fsp3) is 0.286. The molecule has 1 aliphatic rings. The van der Waals surface area contributed by atoms with Crippen LogP contribution in [0.15, 0.2) is 54.9 Å². The largest absolute Gasteiger partial charge is 0.362 e. The van der Waals surface area contributed by atoms with Crippen LogP contribution in [0.25, 0.3) is 11.4 Å². The van der Waals surface area contributed by atoms with Crippen molar-refractivity contribution in [1.82, 2.24) is 15.0 Å². The van der Waals surface area contributed by atoms with Crippen LogP contribution in [-0.4, -0.2) is 35.6 Å². The van der Waals surface area contributed by atoms with Crippen LogP contribution in [0.5, 0.6) is 0 Å². The number of anilines is 2. The Labute approximate surface area is 154 Å². The zero-order valence-corrected chi connectivity index (χ0v) is 15.3. The molecule has 26 heavy (non-hydrogen) atoms. The van der Waals surface area contributed by atoms with Gasteiger partial charge in [0.2, 0.25) is 0 Å². The molecular weight excluding hydrogens is 322 g/mol. The van der Waals surface area contributed by atoms with Gasteiger partial charge in [0, 0.05) is 50.7 Å². The smallest absolute Gasteiger partial charge is 0.165 e. The Morgan fingerprint density at radius 2 is 1.88 bits per heavy atom. The van der Waals surface area contributed by atoms with Crippen LogP contribution < -0.4 is 9.80 Å². The first-order chi connectivity index (χ1) is 12.7. The topological polar surface area (TPSA) is 45.2 Å². The summed E-state index contributed by atoms with van der Waals surface area (Å²) >= 11 is 0. The van der Waals surface area contributed by atoms with Crippen LogP contribution >= 0.6 is 0 Å². The van der Waals surface area contributed by atoms with Gasteiger partial charge in [-0.25, -0.2) is 9.97 Å². The number of pyridine rings is 1. The molecule has 3 heterocycles. The average Bonchev–Trinajstić information content (AvgIpc) is 2.69. The summed E-state index contributed by atoms with van der Waals surface area (Å²) in [5.74, 6) is 2.80. The molecule has 0 amide bonds. The van der Waals surface area contributed by atoms with Gasteiger partial charge < -0.3 is 9.80 Å². The first-order valence-electron chi connectivity index (χ1n) is 9.00. The Hall–Kier alpha value is -2.95. The predicted octanol–water partition coefficient (Wildman–Crippen LogP) is 3.56. The van der Waals surface area contributed by atoms with Crippen molar-refractivity contribution >= 4 is 11.6 Å². The van der Waals surface area contributed by atoms with Crippen molar-refractivity contribution in [3.8, 4) is 11.4 Å². The van der Waals surface area contributed by atoms with E-state index in [2.05, 4.69) is 45.1 Å². The fourth-order valence-corrected chi connectivity index (χ4v) is 3.45. The summed E-state index contributed by atoms with van der Waals surface area (Å²) in [5.41, 5.74) is 3.49. The molecule has 5 heteroatoms. The summed E-state index contributed by atoms with van der Waals surface area (Å²) in [6, 6.07) is 14.5. The molecule has 0 aliphatic carbocycles. The van der Waals surface area contributed by atoms with Crippen molar-refractivity contribution in [2.75, 3.05) is 30.4 Å². The second-order valence-electron chi connectivity index (χ2n) is 6.82. The molecule has 0 spiro atoms. The lowest BCUT2D eigenvalue weighted by Crippen LogP contribution is -2.31. The lowest BCUT2D eigenvalue weighted by molar-refractivity contribution is 0.673. The van der Waals surface area contributed by atoms with Crippen molar-refractivity contribution in [3.05, 3.63) is 66.0 Å². The van der Waals surface area contributed by atoms with E-state index < -0.39 is 0 Å². The van der Waals surface area contributed by atoms with E-state index in [0.29, 0.717) is 0 Å². The van der Waals surface area contributed by atoms with Gasteiger partial charge >= 0.3 is 0 Å². The highest BCUT2D eigenvalue weighted by atomic mass is 15.2. The van der Waals surface area contributed by atoms with Crippen LogP contribution in [0.3, 0.4) is 0 Å². The molecule has 4 rings (SSSR count). The molecule has 0 N–H and O–H groups in total. The van der Waals surface area contributed by atoms with Gasteiger partial charge in [0.15, 0.2) is 5.82 Å². The van der Waals surface area contributed by atoms with E-state index in [1.54, 1.807) is 6.20 Å². The van der Waals surface area contributed by atoms with Crippen LogP contribution in [0, 0.1) is 0 Å². The molecule has 3 aromatic rings. The summed E-state index contributed by atoms with van der Waals surface area (Å²) < 4.78 is 0. The highest BCUT2D eigenvalue weighted by Gasteiger charge is 2.24. The molecule has 0 atom stereocenters. The van der Waals surface area contributed by atoms with Crippen LogP contribution in [0.2, 0.25) is 0 Å². The second kappa shape index (κ2) is 7.12. The van der Waals surface area contributed by atoms with Gasteiger partial charge in [-0.2, -0.15) is 0 Å². The van der Waals surface area contributed by atoms with Gasteiger partial charge in [0.1, 0.15) is 11.6 Å². The monoisotopic (exact) mass is 345 g/mol. The number of hydrogen-bond acceptors (Lipinski definition) is 5. The highest BCUT2D eigenvalue weighted by molar-refractivity contribution is 5.67. The first-order valence-corrected chi connectivity index (χ1v) is 9.00. The van der Waals surface area contributed by atoms with Crippen molar-refractivity contribution in [3.63, 3.8) is 0 Å². The van der Waals surface area contributed by atoms with Crippen LogP contribution in [-0.2, 0) is 13.0 Å². The van der Waals surface area contributed by atoms with Gasteiger partial charge in [-0.15, -0.1) is 0 Å². The summed E-state index contributed by atoms with van der Waals surface area (Å²) in [6.07, 6.45) is 5.74. The molecular formula is C21H23N5. The zero-order valence-electron chi connectivity index (χ0n) is 15.3.